The van der Waals surface area contributed by atoms with Crippen LogP contribution in [0.1, 0.15) is 17.3 Å². The summed E-state index contributed by atoms with van der Waals surface area (Å²) in [7, 11) is 0. The third-order valence-electron chi connectivity index (χ3n) is 3.08. The molecule has 0 heterocycles. The van der Waals surface area contributed by atoms with Crippen LogP contribution in [0.3, 0.4) is 0 Å². The van der Waals surface area contributed by atoms with Crippen LogP contribution < -0.4 is 11.1 Å². The minimum Gasteiger partial charge on any atom is -0.449 e. The molecule has 8 heteroatoms. The van der Waals surface area contributed by atoms with Gasteiger partial charge in [0.05, 0.1) is 11.3 Å². The molecule has 0 saturated heterocycles. The van der Waals surface area contributed by atoms with Crippen LogP contribution in [0.25, 0.3) is 0 Å². The molecule has 0 aliphatic heterocycles. The lowest BCUT2D eigenvalue weighted by Gasteiger charge is -2.14. The highest BCUT2D eigenvalue weighted by molar-refractivity contribution is 6.30. The first-order chi connectivity index (χ1) is 11.3. The molecule has 2 aromatic carbocycles. The average Bonchev–Trinajstić information content (AvgIpc) is 2.49. The molecule has 1 atom stereocenters. The molecule has 0 aromatic heterocycles. The quantitative estimate of drug-likeness (QED) is 0.651. The van der Waals surface area contributed by atoms with Crippen molar-refractivity contribution in [2.24, 2.45) is 0 Å². The van der Waals surface area contributed by atoms with E-state index in [1.165, 1.54) is 19.1 Å². The predicted octanol–water partition coefficient (Wildman–Crippen LogP) is 3.38. The van der Waals surface area contributed by atoms with Crippen LogP contribution in [-0.4, -0.2) is 18.0 Å². The highest BCUT2D eigenvalue weighted by Crippen LogP contribution is 2.20. The van der Waals surface area contributed by atoms with Gasteiger partial charge in [-0.05, 0) is 43.3 Å². The molecule has 24 heavy (non-hydrogen) atoms. The van der Waals surface area contributed by atoms with Crippen molar-refractivity contribution in [1.82, 2.24) is 0 Å². The number of carbonyl (C=O) groups excluding carboxylic acids is 2. The molecule has 0 bridgehead atoms. The Balaban J connectivity index is 2.04. The molecule has 2 rings (SSSR count). The van der Waals surface area contributed by atoms with Gasteiger partial charge in [-0.1, -0.05) is 11.6 Å². The Morgan fingerprint density at radius 2 is 1.92 bits per heavy atom. The fraction of sp³-hybridized carbons (Fsp3) is 0.125. The zero-order valence-corrected chi connectivity index (χ0v) is 13.2. The number of hydrogen-bond acceptors (Lipinski definition) is 4. The van der Waals surface area contributed by atoms with Gasteiger partial charge in [-0.25, -0.2) is 13.6 Å². The number of halogens is 3. The van der Waals surface area contributed by atoms with E-state index in [9.17, 15) is 18.4 Å². The number of rotatable bonds is 4. The van der Waals surface area contributed by atoms with Gasteiger partial charge < -0.3 is 15.8 Å². The van der Waals surface area contributed by atoms with E-state index in [-0.39, 0.29) is 22.0 Å². The first-order valence-electron chi connectivity index (χ1n) is 6.80. The second-order valence-electron chi connectivity index (χ2n) is 4.89. The predicted molar refractivity (Wildman–Crippen MR) is 85.7 cm³/mol. The number of nitrogen functional groups attached to an aromatic ring is 1. The third kappa shape index (κ3) is 4.20. The second kappa shape index (κ2) is 7.27. The Kier molecular flexibility index (Phi) is 5.35. The number of ether oxygens (including phenoxy) is 1. The van der Waals surface area contributed by atoms with Gasteiger partial charge in [0, 0.05) is 10.7 Å². The largest absolute Gasteiger partial charge is 0.449 e. The highest BCUT2D eigenvalue weighted by Gasteiger charge is 2.21. The molecule has 2 aromatic rings. The van der Waals surface area contributed by atoms with Crippen molar-refractivity contribution >= 4 is 34.9 Å². The van der Waals surface area contributed by atoms with Crippen LogP contribution in [0.2, 0.25) is 5.02 Å². The van der Waals surface area contributed by atoms with Crippen LogP contribution in [0.5, 0.6) is 0 Å². The van der Waals surface area contributed by atoms with Crippen molar-refractivity contribution in [1.29, 1.82) is 0 Å². The van der Waals surface area contributed by atoms with Crippen LogP contribution in [0.4, 0.5) is 20.2 Å². The van der Waals surface area contributed by atoms with E-state index in [1.807, 2.05) is 0 Å². The molecule has 0 fully saturated rings. The molecule has 1 amide bonds. The lowest BCUT2D eigenvalue weighted by Crippen LogP contribution is -2.30. The van der Waals surface area contributed by atoms with Gasteiger partial charge in [-0.15, -0.1) is 0 Å². The van der Waals surface area contributed by atoms with Crippen molar-refractivity contribution < 1.29 is 23.1 Å². The molecule has 3 N–H and O–H groups in total. The summed E-state index contributed by atoms with van der Waals surface area (Å²) in [6.45, 7) is 1.31. The maximum absolute atomic E-state index is 13.6. The Labute approximate surface area is 141 Å². The summed E-state index contributed by atoms with van der Waals surface area (Å²) in [5, 5.41) is 2.45. The summed E-state index contributed by atoms with van der Waals surface area (Å²) in [5.74, 6) is -2.97. The zero-order valence-electron chi connectivity index (χ0n) is 12.5. The molecule has 0 aliphatic rings. The summed E-state index contributed by atoms with van der Waals surface area (Å²) in [5.41, 5.74) is 5.24. The first kappa shape index (κ1) is 17.7. The van der Waals surface area contributed by atoms with Crippen LogP contribution in [0, 0.1) is 11.6 Å². The van der Waals surface area contributed by atoms with E-state index in [0.29, 0.717) is 0 Å². The number of hydrogen-bond donors (Lipinski definition) is 2. The summed E-state index contributed by atoms with van der Waals surface area (Å²) >= 11 is 5.62. The van der Waals surface area contributed by atoms with Crippen molar-refractivity contribution in [2.45, 2.75) is 13.0 Å². The lowest BCUT2D eigenvalue weighted by atomic mass is 10.2. The zero-order chi connectivity index (χ0) is 17.9. The standard InChI is InChI=1S/C16H13ClF2N2O3/c1-8(15(22)21-14-5-2-9(17)6-12(14)19)24-16(23)11-4-3-10(18)7-13(11)20/h2-8H,20H2,1H3,(H,21,22)/t8-/m0/s1. The van der Waals surface area contributed by atoms with Gasteiger partial charge in [0.2, 0.25) is 0 Å². The Morgan fingerprint density at radius 1 is 1.21 bits per heavy atom. The third-order valence-corrected chi connectivity index (χ3v) is 3.31. The maximum Gasteiger partial charge on any atom is 0.341 e. The second-order valence-corrected chi connectivity index (χ2v) is 5.33. The normalized spacial score (nSPS) is 11.7. The first-order valence-corrected chi connectivity index (χ1v) is 7.17. The Hall–Kier alpha value is -2.67. The SMILES string of the molecule is C[C@H](OC(=O)c1ccc(F)cc1N)C(=O)Nc1ccc(Cl)cc1F. The molecule has 126 valence electrons. The van der Waals surface area contributed by atoms with E-state index in [0.717, 1.165) is 24.3 Å². The van der Waals surface area contributed by atoms with Gasteiger partial charge in [-0.2, -0.15) is 0 Å². The Morgan fingerprint density at radius 3 is 2.54 bits per heavy atom. The number of nitrogens with two attached hydrogens (primary N) is 1. The number of amides is 1. The van der Waals surface area contributed by atoms with Gasteiger partial charge >= 0.3 is 5.97 Å². The molecule has 0 saturated carbocycles. The van der Waals surface area contributed by atoms with E-state index in [2.05, 4.69) is 5.32 Å². The minimum absolute atomic E-state index is 0.0753. The topological polar surface area (TPSA) is 81.4 Å². The molecule has 0 spiro atoms. The number of nitrogens with one attached hydrogen (secondary N) is 1. The smallest absolute Gasteiger partial charge is 0.341 e. The van der Waals surface area contributed by atoms with Gasteiger partial charge in [0.25, 0.3) is 5.91 Å². The van der Waals surface area contributed by atoms with Crippen molar-refractivity contribution in [3.05, 3.63) is 58.6 Å². The fourth-order valence-electron chi connectivity index (χ4n) is 1.82. The van der Waals surface area contributed by atoms with E-state index in [1.54, 1.807) is 0 Å². The average molecular weight is 355 g/mol. The molecular weight excluding hydrogens is 342 g/mol. The van der Waals surface area contributed by atoms with Crippen molar-refractivity contribution in [2.75, 3.05) is 11.1 Å². The van der Waals surface area contributed by atoms with E-state index >= 15 is 0 Å². The van der Waals surface area contributed by atoms with Crippen molar-refractivity contribution in [3.8, 4) is 0 Å². The fourth-order valence-corrected chi connectivity index (χ4v) is 1.98. The molecule has 0 unspecified atom stereocenters. The summed E-state index contributed by atoms with van der Waals surface area (Å²) < 4.78 is 31.6. The number of carbonyl (C=O) groups is 2. The molecule has 0 aliphatic carbocycles. The summed E-state index contributed by atoms with van der Waals surface area (Å²) in [6.07, 6.45) is -1.22. The van der Waals surface area contributed by atoms with E-state index in [4.69, 9.17) is 22.1 Å². The molecular formula is C16H13ClF2N2O3. The van der Waals surface area contributed by atoms with E-state index < -0.39 is 29.6 Å². The highest BCUT2D eigenvalue weighted by atomic mass is 35.5. The Bertz CT molecular complexity index is 799. The maximum atomic E-state index is 13.6. The lowest BCUT2D eigenvalue weighted by molar-refractivity contribution is -0.123. The number of benzene rings is 2. The summed E-state index contributed by atoms with van der Waals surface area (Å²) in [4.78, 5) is 23.9. The van der Waals surface area contributed by atoms with Crippen LogP contribution in [-0.2, 0) is 9.53 Å². The summed E-state index contributed by atoms with van der Waals surface area (Å²) in [6, 6.07) is 6.87. The molecule has 0 radical (unpaired) electrons. The number of anilines is 2. The van der Waals surface area contributed by atoms with Crippen LogP contribution >= 0.6 is 11.6 Å². The number of esters is 1. The van der Waals surface area contributed by atoms with Gasteiger partial charge in [0.15, 0.2) is 6.10 Å². The van der Waals surface area contributed by atoms with Gasteiger partial charge in [-0.3, -0.25) is 4.79 Å². The monoisotopic (exact) mass is 354 g/mol. The molecule has 5 nitrogen and oxygen atoms in total. The minimum atomic E-state index is -1.22. The van der Waals surface area contributed by atoms with Gasteiger partial charge in [0.1, 0.15) is 11.6 Å². The van der Waals surface area contributed by atoms with Crippen LogP contribution in [0.15, 0.2) is 36.4 Å². The van der Waals surface area contributed by atoms with Crippen molar-refractivity contribution in [3.63, 3.8) is 0 Å².